The Hall–Kier alpha value is -4.58. The van der Waals surface area contributed by atoms with Gasteiger partial charge in [0.2, 0.25) is 5.78 Å². The first-order chi connectivity index (χ1) is 17.8. The van der Waals surface area contributed by atoms with E-state index in [2.05, 4.69) is 0 Å². The maximum Gasteiger partial charge on any atom is 0.416 e. The minimum atomic E-state index is -4.75. The first kappa shape index (κ1) is 26.5. The molecule has 1 heterocycles. The largest absolute Gasteiger partial charge is 0.454 e. The van der Waals surface area contributed by atoms with Crippen LogP contribution in [0.25, 0.3) is 0 Å². The van der Waals surface area contributed by atoms with Gasteiger partial charge in [-0.1, -0.05) is 23.7 Å². The van der Waals surface area contributed by atoms with Crippen LogP contribution in [0, 0.1) is 17.0 Å². The van der Waals surface area contributed by atoms with Crippen LogP contribution >= 0.6 is 11.6 Å². The second-order valence-electron chi connectivity index (χ2n) is 8.13. The third kappa shape index (κ3) is 4.85. The van der Waals surface area contributed by atoms with Crippen molar-refractivity contribution in [1.82, 2.24) is 0 Å². The summed E-state index contributed by atoms with van der Waals surface area (Å²) >= 11 is 5.98. The molecule has 0 aromatic heterocycles. The highest BCUT2D eigenvalue weighted by atomic mass is 35.5. The fourth-order valence-corrected chi connectivity index (χ4v) is 3.93. The van der Waals surface area contributed by atoms with E-state index in [1.165, 1.54) is 19.1 Å². The molecular weight excluding hydrogens is 533 g/mol. The number of hydrogen-bond donors (Lipinski definition) is 0. The summed E-state index contributed by atoms with van der Waals surface area (Å²) in [6, 6.07) is 9.23. The molecule has 4 rings (SSSR count). The lowest BCUT2D eigenvalue weighted by atomic mass is 10.1. The molecule has 0 atom stereocenters. The SMILES string of the molecule is Cc1ccc(C(=O)COC(=O)c2ccc3c(c2)C(=O)N(c2cc(C(F)(F)F)ccc2Cl)C3=O)cc1[N+](=O)[O-]. The van der Waals surface area contributed by atoms with Gasteiger partial charge in [-0.3, -0.25) is 24.5 Å². The van der Waals surface area contributed by atoms with Gasteiger partial charge in [-0.15, -0.1) is 0 Å². The van der Waals surface area contributed by atoms with E-state index in [-0.39, 0.29) is 33.0 Å². The number of imide groups is 1. The second-order valence-corrected chi connectivity index (χ2v) is 8.53. The number of amides is 2. The van der Waals surface area contributed by atoms with Gasteiger partial charge in [0.25, 0.3) is 17.5 Å². The Balaban J connectivity index is 1.54. The number of fused-ring (bicyclic) bond motifs is 1. The molecule has 0 bridgehead atoms. The highest BCUT2D eigenvalue weighted by molar-refractivity contribution is 6.40. The molecule has 0 fully saturated rings. The smallest absolute Gasteiger partial charge is 0.416 e. The lowest BCUT2D eigenvalue weighted by molar-refractivity contribution is -0.385. The van der Waals surface area contributed by atoms with Crippen LogP contribution in [-0.4, -0.2) is 35.1 Å². The van der Waals surface area contributed by atoms with E-state index in [1.807, 2.05) is 0 Å². The number of hydrogen-bond acceptors (Lipinski definition) is 7. The third-order valence-corrected chi connectivity index (χ3v) is 6.02. The zero-order chi connectivity index (χ0) is 27.9. The number of esters is 1. The fourth-order valence-electron chi connectivity index (χ4n) is 3.72. The third-order valence-electron chi connectivity index (χ3n) is 5.70. The fraction of sp³-hybridized carbons (Fsp3) is 0.120. The van der Waals surface area contributed by atoms with E-state index in [0.29, 0.717) is 22.6 Å². The normalized spacial score (nSPS) is 12.9. The van der Waals surface area contributed by atoms with Crippen LogP contribution in [0.1, 0.15) is 52.6 Å². The summed E-state index contributed by atoms with van der Waals surface area (Å²) in [6.07, 6.45) is -4.75. The monoisotopic (exact) mass is 546 g/mol. The van der Waals surface area contributed by atoms with Gasteiger partial charge in [-0.25, -0.2) is 9.69 Å². The van der Waals surface area contributed by atoms with E-state index in [1.54, 1.807) is 0 Å². The van der Waals surface area contributed by atoms with Crippen LogP contribution in [0.2, 0.25) is 5.02 Å². The molecule has 0 saturated carbocycles. The number of nitrogens with zero attached hydrogens (tertiary/aromatic N) is 2. The van der Waals surface area contributed by atoms with Crippen molar-refractivity contribution in [3.63, 3.8) is 0 Å². The summed E-state index contributed by atoms with van der Waals surface area (Å²) < 4.78 is 44.4. The molecule has 0 aliphatic carbocycles. The molecule has 0 spiro atoms. The number of benzene rings is 3. The molecule has 0 saturated heterocycles. The molecule has 2 amide bonds. The van der Waals surface area contributed by atoms with Crippen molar-refractivity contribution in [3.8, 4) is 0 Å². The van der Waals surface area contributed by atoms with E-state index < -0.39 is 52.5 Å². The van der Waals surface area contributed by atoms with Gasteiger partial charge in [-0.2, -0.15) is 13.2 Å². The van der Waals surface area contributed by atoms with Gasteiger partial charge in [0.1, 0.15) is 0 Å². The summed E-state index contributed by atoms with van der Waals surface area (Å²) in [7, 11) is 0. The number of carbonyl (C=O) groups is 4. The number of aryl methyl sites for hydroxylation is 1. The Labute approximate surface area is 216 Å². The summed E-state index contributed by atoms with van der Waals surface area (Å²) in [4.78, 5) is 61.6. The molecule has 9 nitrogen and oxygen atoms in total. The van der Waals surface area contributed by atoms with Crippen molar-refractivity contribution in [2.24, 2.45) is 0 Å². The first-order valence-corrected chi connectivity index (χ1v) is 11.0. The molecule has 38 heavy (non-hydrogen) atoms. The lowest BCUT2D eigenvalue weighted by Gasteiger charge is -2.17. The first-order valence-electron chi connectivity index (χ1n) is 10.6. The van der Waals surface area contributed by atoms with Crippen molar-refractivity contribution < 1.29 is 42.0 Å². The summed E-state index contributed by atoms with van der Waals surface area (Å²) in [5.41, 5.74) is -2.28. The predicted molar refractivity (Wildman–Crippen MR) is 126 cm³/mol. The molecular formula is C25H14ClF3N2O7. The Morgan fingerprint density at radius 2 is 1.63 bits per heavy atom. The van der Waals surface area contributed by atoms with Crippen LogP contribution in [0.15, 0.2) is 54.6 Å². The molecule has 194 valence electrons. The van der Waals surface area contributed by atoms with E-state index in [9.17, 15) is 42.5 Å². The molecule has 3 aromatic rings. The van der Waals surface area contributed by atoms with Crippen LogP contribution in [0.5, 0.6) is 0 Å². The number of anilines is 1. The molecule has 3 aromatic carbocycles. The van der Waals surface area contributed by atoms with Crippen LogP contribution in [-0.2, 0) is 10.9 Å². The summed E-state index contributed by atoms with van der Waals surface area (Å²) in [5, 5.41) is 10.8. The molecule has 0 unspecified atom stereocenters. The Kier molecular flexibility index (Phi) is 6.77. The van der Waals surface area contributed by atoms with Crippen molar-refractivity contribution in [2.75, 3.05) is 11.5 Å². The Morgan fingerprint density at radius 3 is 2.29 bits per heavy atom. The number of ether oxygens (including phenoxy) is 1. The van der Waals surface area contributed by atoms with Gasteiger partial charge in [0.05, 0.1) is 37.9 Å². The molecule has 1 aliphatic rings. The Bertz CT molecular complexity index is 1550. The van der Waals surface area contributed by atoms with Crippen molar-refractivity contribution in [1.29, 1.82) is 0 Å². The molecule has 0 radical (unpaired) electrons. The van der Waals surface area contributed by atoms with Crippen LogP contribution in [0.3, 0.4) is 0 Å². The van der Waals surface area contributed by atoms with Gasteiger partial charge >= 0.3 is 12.1 Å². The van der Waals surface area contributed by atoms with E-state index in [4.69, 9.17) is 16.3 Å². The zero-order valence-corrected chi connectivity index (χ0v) is 19.9. The predicted octanol–water partition coefficient (Wildman–Crippen LogP) is 5.42. The molecule has 0 N–H and O–H groups in total. The molecule has 1 aliphatic heterocycles. The number of alkyl halides is 3. The van der Waals surface area contributed by atoms with Gasteiger partial charge in [0.15, 0.2) is 6.61 Å². The highest BCUT2D eigenvalue weighted by Crippen LogP contribution is 2.38. The standard InChI is InChI=1S/C25H14ClF3N2O7/c1-12-2-3-13(9-19(12)31(36)37)21(32)11-38-24(35)14-4-6-16-17(8-14)23(34)30(22(16)33)20-10-15(25(27,28)29)5-7-18(20)26/h2-10H,11H2,1H3. The number of nitro benzene ring substituents is 1. The van der Waals surface area contributed by atoms with Crippen LogP contribution < -0.4 is 4.90 Å². The zero-order valence-electron chi connectivity index (χ0n) is 19.2. The lowest BCUT2D eigenvalue weighted by Crippen LogP contribution is -2.30. The summed E-state index contributed by atoms with van der Waals surface area (Å²) in [6.45, 7) is 0.726. The Morgan fingerprint density at radius 1 is 0.974 bits per heavy atom. The van der Waals surface area contributed by atoms with Crippen molar-refractivity contribution >= 4 is 46.5 Å². The highest BCUT2D eigenvalue weighted by Gasteiger charge is 2.40. The van der Waals surface area contributed by atoms with Gasteiger partial charge < -0.3 is 4.74 Å². The van der Waals surface area contributed by atoms with E-state index >= 15 is 0 Å². The number of halogens is 4. The number of Topliss-reactive ketones (excluding diaryl/α,β-unsaturated/α-hetero) is 1. The average Bonchev–Trinajstić information content (AvgIpc) is 3.11. The minimum absolute atomic E-state index is 0.0570. The van der Waals surface area contributed by atoms with Gasteiger partial charge in [-0.05, 0) is 43.3 Å². The quantitative estimate of drug-likeness (QED) is 0.133. The van der Waals surface area contributed by atoms with Gasteiger partial charge in [0, 0.05) is 17.2 Å². The van der Waals surface area contributed by atoms with Crippen molar-refractivity contribution in [3.05, 3.63) is 103 Å². The van der Waals surface area contributed by atoms with Crippen molar-refractivity contribution in [2.45, 2.75) is 13.1 Å². The maximum atomic E-state index is 13.2. The topological polar surface area (TPSA) is 124 Å². The minimum Gasteiger partial charge on any atom is -0.454 e. The second kappa shape index (κ2) is 9.71. The number of nitro groups is 1. The average molecular weight is 547 g/mol. The maximum absolute atomic E-state index is 13.2. The number of ketones is 1. The summed E-state index contributed by atoms with van der Waals surface area (Å²) in [5.74, 6) is -3.72. The van der Waals surface area contributed by atoms with E-state index in [0.717, 1.165) is 30.3 Å². The number of carbonyl (C=O) groups excluding carboxylic acids is 4. The molecule has 13 heteroatoms. The number of rotatable bonds is 6. The van der Waals surface area contributed by atoms with Crippen LogP contribution in [0.4, 0.5) is 24.5 Å².